The second kappa shape index (κ2) is 2.52. The second-order valence-corrected chi connectivity index (χ2v) is 2.65. The lowest BCUT2D eigenvalue weighted by Gasteiger charge is -1.91. The molecule has 0 spiro atoms. The summed E-state index contributed by atoms with van der Waals surface area (Å²) in [6.07, 6.45) is 1.59. The molecule has 0 radical (unpaired) electrons. The maximum absolute atomic E-state index is 4.93. The maximum Gasteiger partial charge on any atom is 0.195 e. The van der Waals surface area contributed by atoms with Gasteiger partial charge >= 0.3 is 0 Å². The first kappa shape index (κ1) is 7.17. The fraction of sp³-hybridized carbons (Fsp3) is 0.200. The van der Waals surface area contributed by atoms with Gasteiger partial charge in [-0.3, -0.25) is 5.10 Å². The zero-order valence-corrected chi connectivity index (χ0v) is 7.09. The van der Waals surface area contributed by atoms with Crippen molar-refractivity contribution in [2.24, 2.45) is 7.05 Å². The predicted molar refractivity (Wildman–Crippen MR) is 43.8 cm³/mol. The largest absolute Gasteiger partial charge is 0.302 e. The van der Waals surface area contributed by atoms with E-state index in [0.29, 0.717) is 16.3 Å². The van der Waals surface area contributed by atoms with Crippen molar-refractivity contribution >= 4 is 12.2 Å². The molecule has 2 heterocycles. The van der Waals surface area contributed by atoms with E-state index >= 15 is 0 Å². The van der Waals surface area contributed by atoms with Gasteiger partial charge in [-0.25, -0.2) is 0 Å². The summed E-state index contributed by atoms with van der Waals surface area (Å²) in [5.74, 6) is 0.675. The van der Waals surface area contributed by atoms with Crippen molar-refractivity contribution in [3.63, 3.8) is 0 Å². The number of rotatable bonds is 1. The highest BCUT2D eigenvalue weighted by Crippen LogP contribution is 2.09. The first-order valence-electron chi connectivity index (χ1n) is 3.26. The normalized spacial score (nSPS) is 10.4. The SMILES string of the molecule is Cn1c(-c2cn[nH]n2)n[nH]c1=S. The van der Waals surface area contributed by atoms with Crippen LogP contribution in [-0.2, 0) is 7.05 Å². The number of aromatic amines is 2. The lowest BCUT2D eigenvalue weighted by molar-refractivity contribution is 0.889. The van der Waals surface area contributed by atoms with Gasteiger partial charge in [0.1, 0.15) is 5.69 Å². The van der Waals surface area contributed by atoms with E-state index < -0.39 is 0 Å². The molecule has 0 saturated carbocycles. The molecule has 2 aromatic heterocycles. The molecule has 0 unspecified atom stereocenters. The number of hydrogen-bond donors (Lipinski definition) is 2. The van der Waals surface area contributed by atoms with Crippen LogP contribution < -0.4 is 0 Å². The van der Waals surface area contributed by atoms with Gasteiger partial charge in [-0.1, -0.05) is 0 Å². The number of nitrogens with one attached hydrogen (secondary N) is 2. The van der Waals surface area contributed by atoms with Crippen LogP contribution in [0.4, 0.5) is 0 Å². The Kier molecular flexibility index (Phi) is 1.51. The zero-order valence-electron chi connectivity index (χ0n) is 6.27. The summed E-state index contributed by atoms with van der Waals surface area (Å²) in [4.78, 5) is 0. The lowest BCUT2D eigenvalue weighted by Crippen LogP contribution is -1.92. The highest BCUT2D eigenvalue weighted by molar-refractivity contribution is 7.71. The van der Waals surface area contributed by atoms with Gasteiger partial charge in [0.05, 0.1) is 6.20 Å². The summed E-state index contributed by atoms with van der Waals surface area (Å²) in [5.41, 5.74) is 0.671. The van der Waals surface area contributed by atoms with Crippen LogP contribution in [0.2, 0.25) is 0 Å². The number of hydrogen-bond acceptors (Lipinski definition) is 4. The van der Waals surface area contributed by atoms with Gasteiger partial charge in [-0.05, 0) is 12.2 Å². The van der Waals surface area contributed by atoms with Gasteiger partial charge in [0, 0.05) is 7.05 Å². The molecule has 0 fully saturated rings. The minimum Gasteiger partial charge on any atom is -0.302 e. The molecular formula is C5H6N6S. The molecule has 0 amide bonds. The van der Waals surface area contributed by atoms with Gasteiger partial charge in [0.2, 0.25) is 0 Å². The Morgan fingerprint density at radius 2 is 2.33 bits per heavy atom. The molecule has 62 valence electrons. The standard InChI is InChI=1S/C5H6N6S/c1-11-4(8-9-5(11)12)3-2-6-10-7-3/h2H,1H3,(H,9,12)(H,6,7,10). The van der Waals surface area contributed by atoms with Gasteiger partial charge in [0.15, 0.2) is 10.6 Å². The molecular weight excluding hydrogens is 176 g/mol. The first-order chi connectivity index (χ1) is 5.79. The van der Waals surface area contributed by atoms with Crippen molar-refractivity contribution in [1.29, 1.82) is 0 Å². The van der Waals surface area contributed by atoms with Gasteiger partial charge in [0.25, 0.3) is 0 Å². The van der Waals surface area contributed by atoms with Gasteiger partial charge in [-0.2, -0.15) is 20.5 Å². The molecule has 0 aromatic carbocycles. The molecule has 2 rings (SSSR count). The second-order valence-electron chi connectivity index (χ2n) is 2.27. The molecule has 0 bridgehead atoms. The predicted octanol–water partition coefficient (Wildman–Crippen LogP) is 0.263. The Bertz CT molecular complexity index is 423. The van der Waals surface area contributed by atoms with Crippen LogP contribution in [0, 0.1) is 4.77 Å². The van der Waals surface area contributed by atoms with Crippen molar-refractivity contribution in [2.45, 2.75) is 0 Å². The summed E-state index contributed by atoms with van der Waals surface area (Å²) in [5, 5.41) is 16.7. The van der Waals surface area contributed by atoms with Gasteiger partial charge < -0.3 is 4.57 Å². The quantitative estimate of drug-likeness (QED) is 0.620. The highest BCUT2D eigenvalue weighted by Gasteiger charge is 2.06. The summed E-state index contributed by atoms with van der Waals surface area (Å²) in [6.45, 7) is 0. The number of nitrogens with zero attached hydrogens (tertiary/aromatic N) is 4. The minimum atomic E-state index is 0.563. The Morgan fingerprint density at radius 3 is 2.83 bits per heavy atom. The summed E-state index contributed by atoms with van der Waals surface area (Å²) in [7, 11) is 1.82. The van der Waals surface area contributed by atoms with Crippen molar-refractivity contribution in [3.05, 3.63) is 11.0 Å². The Hall–Kier alpha value is -1.50. The highest BCUT2D eigenvalue weighted by atomic mass is 32.1. The topological polar surface area (TPSA) is 75.2 Å². The van der Waals surface area contributed by atoms with Crippen molar-refractivity contribution < 1.29 is 0 Å². The average molecular weight is 182 g/mol. The molecule has 0 aliphatic rings. The third-order valence-electron chi connectivity index (χ3n) is 1.52. The van der Waals surface area contributed by atoms with Crippen LogP contribution in [-0.4, -0.2) is 30.2 Å². The van der Waals surface area contributed by atoms with E-state index in [9.17, 15) is 0 Å². The van der Waals surface area contributed by atoms with E-state index in [0.717, 1.165) is 0 Å². The fourth-order valence-electron chi connectivity index (χ4n) is 0.885. The molecule has 0 saturated heterocycles. The zero-order chi connectivity index (χ0) is 8.55. The maximum atomic E-state index is 4.93. The average Bonchev–Trinajstić information content (AvgIpc) is 2.64. The Labute approximate surface area is 72.6 Å². The third-order valence-corrected chi connectivity index (χ3v) is 1.89. The molecule has 0 atom stereocenters. The molecule has 12 heavy (non-hydrogen) atoms. The molecule has 2 N–H and O–H groups in total. The van der Waals surface area contributed by atoms with Crippen LogP contribution in [0.5, 0.6) is 0 Å². The smallest absolute Gasteiger partial charge is 0.195 e. The molecule has 0 aliphatic carbocycles. The van der Waals surface area contributed by atoms with Crippen LogP contribution in [0.15, 0.2) is 6.20 Å². The van der Waals surface area contributed by atoms with E-state index in [4.69, 9.17) is 12.2 Å². The molecule has 0 aliphatic heterocycles. The number of H-pyrrole nitrogens is 2. The van der Waals surface area contributed by atoms with Crippen LogP contribution in [0.3, 0.4) is 0 Å². The summed E-state index contributed by atoms with van der Waals surface area (Å²) in [6, 6.07) is 0. The Balaban J connectivity index is 2.62. The number of aromatic nitrogens is 6. The van der Waals surface area contributed by atoms with Crippen LogP contribution >= 0.6 is 12.2 Å². The van der Waals surface area contributed by atoms with Crippen molar-refractivity contribution in [3.8, 4) is 11.5 Å². The molecule has 2 aromatic rings. The van der Waals surface area contributed by atoms with Crippen molar-refractivity contribution in [2.75, 3.05) is 0 Å². The fourth-order valence-corrected chi connectivity index (χ4v) is 1.02. The van der Waals surface area contributed by atoms with Crippen molar-refractivity contribution in [1.82, 2.24) is 30.2 Å². The monoisotopic (exact) mass is 182 g/mol. The van der Waals surface area contributed by atoms with E-state index in [1.54, 1.807) is 10.8 Å². The van der Waals surface area contributed by atoms with Gasteiger partial charge in [-0.15, -0.1) is 0 Å². The minimum absolute atomic E-state index is 0.563. The van der Waals surface area contributed by atoms with E-state index in [1.165, 1.54) is 0 Å². The van der Waals surface area contributed by atoms with E-state index in [1.807, 2.05) is 7.05 Å². The molecule has 7 heteroatoms. The Morgan fingerprint density at radius 1 is 1.50 bits per heavy atom. The molecule has 6 nitrogen and oxygen atoms in total. The summed E-state index contributed by atoms with van der Waals surface area (Å²) < 4.78 is 2.29. The summed E-state index contributed by atoms with van der Waals surface area (Å²) >= 11 is 4.93. The lowest BCUT2D eigenvalue weighted by atomic mass is 10.4. The van der Waals surface area contributed by atoms with E-state index in [-0.39, 0.29) is 0 Å². The first-order valence-corrected chi connectivity index (χ1v) is 3.67. The van der Waals surface area contributed by atoms with Crippen LogP contribution in [0.1, 0.15) is 0 Å². The van der Waals surface area contributed by atoms with Crippen LogP contribution in [0.25, 0.3) is 11.5 Å². The third kappa shape index (κ3) is 0.944. The van der Waals surface area contributed by atoms with E-state index in [2.05, 4.69) is 25.6 Å².